The van der Waals surface area contributed by atoms with E-state index >= 15 is 0 Å². The standard InChI is InChI=1S/C26H36F3NO4/c1-3-30-25(33)12-7-5-4-6-11-21-22(24(32)16-23(21)31)14-13-18(2)17-34-20-10-8-9-19(15-20)26(27,28)29/h4,6,8-10,13-15,18,21-24,31-32H,3,5,7,11-12,16-17H2,1-2H3,(H,30,33)/b6-4-,14-13+/t18-,21-,22-,23+,24-/m1/s1. The van der Waals surface area contributed by atoms with Gasteiger partial charge in [-0.05, 0) is 50.3 Å². The molecule has 2 rings (SSSR count). The predicted octanol–water partition coefficient (Wildman–Crippen LogP) is 4.89. The lowest BCUT2D eigenvalue weighted by atomic mass is 9.89. The number of hydrogen-bond acceptors (Lipinski definition) is 4. The number of nitrogens with one attached hydrogen (secondary N) is 1. The Labute approximate surface area is 199 Å². The first kappa shape index (κ1) is 27.9. The van der Waals surface area contributed by atoms with Crippen LogP contribution in [0.5, 0.6) is 5.75 Å². The molecule has 0 aliphatic heterocycles. The molecule has 0 saturated heterocycles. The molecule has 0 spiro atoms. The van der Waals surface area contributed by atoms with E-state index in [1.165, 1.54) is 12.1 Å². The maximum atomic E-state index is 12.8. The number of aliphatic hydroxyl groups excluding tert-OH is 2. The third-order valence-corrected chi connectivity index (χ3v) is 5.98. The Morgan fingerprint density at radius 1 is 1.26 bits per heavy atom. The summed E-state index contributed by atoms with van der Waals surface area (Å²) in [5.74, 6) is -0.235. The summed E-state index contributed by atoms with van der Waals surface area (Å²) in [4.78, 5) is 11.5. The minimum absolute atomic E-state index is 0.0431. The van der Waals surface area contributed by atoms with Gasteiger partial charge in [0, 0.05) is 31.2 Å². The molecule has 34 heavy (non-hydrogen) atoms. The lowest BCUT2D eigenvalue weighted by molar-refractivity contribution is -0.137. The van der Waals surface area contributed by atoms with E-state index in [1.807, 2.05) is 38.2 Å². The zero-order valence-corrected chi connectivity index (χ0v) is 19.8. The van der Waals surface area contributed by atoms with Crippen molar-refractivity contribution < 1.29 is 32.9 Å². The number of halogens is 3. The highest BCUT2D eigenvalue weighted by Gasteiger charge is 2.39. The highest BCUT2D eigenvalue weighted by molar-refractivity contribution is 5.75. The Morgan fingerprint density at radius 3 is 2.74 bits per heavy atom. The van der Waals surface area contributed by atoms with E-state index in [0.717, 1.165) is 25.0 Å². The number of hydrogen-bond donors (Lipinski definition) is 3. The summed E-state index contributed by atoms with van der Waals surface area (Å²) < 4.78 is 44.1. The first-order valence-corrected chi connectivity index (χ1v) is 11.9. The number of ether oxygens (including phenoxy) is 1. The fourth-order valence-corrected chi connectivity index (χ4v) is 4.11. The van der Waals surface area contributed by atoms with Gasteiger partial charge < -0.3 is 20.3 Å². The highest BCUT2D eigenvalue weighted by atomic mass is 19.4. The quantitative estimate of drug-likeness (QED) is 0.292. The molecule has 1 aliphatic carbocycles. The Morgan fingerprint density at radius 2 is 2.03 bits per heavy atom. The van der Waals surface area contributed by atoms with Gasteiger partial charge in [-0.25, -0.2) is 0 Å². The van der Waals surface area contributed by atoms with Gasteiger partial charge in [0.2, 0.25) is 5.91 Å². The van der Waals surface area contributed by atoms with Gasteiger partial charge in [-0.2, -0.15) is 13.2 Å². The Kier molecular flexibility index (Phi) is 11.1. The maximum absolute atomic E-state index is 12.8. The molecule has 0 bridgehead atoms. The van der Waals surface area contributed by atoms with Crippen LogP contribution in [0.3, 0.4) is 0 Å². The fourth-order valence-electron chi connectivity index (χ4n) is 4.11. The van der Waals surface area contributed by atoms with Crippen molar-refractivity contribution in [1.29, 1.82) is 0 Å². The molecule has 0 heterocycles. The molecule has 1 fully saturated rings. The van der Waals surface area contributed by atoms with Crippen LogP contribution in [0.1, 0.15) is 51.5 Å². The number of unbranched alkanes of at least 4 members (excludes halogenated alkanes) is 1. The zero-order chi connectivity index (χ0) is 25.1. The molecule has 0 aromatic heterocycles. The molecular formula is C26H36F3NO4. The molecule has 1 aromatic rings. The van der Waals surface area contributed by atoms with Crippen LogP contribution < -0.4 is 10.1 Å². The average molecular weight is 484 g/mol. The summed E-state index contributed by atoms with van der Waals surface area (Å²) in [5.41, 5.74) is -0.753. The van der Waals surface area contributed by atoms with Crippen molar-refractivity contribution in [2.24, 2.45) is 17.8 Å². The summed E-state index contributed by atoms with van der Waals surface area (Å²) >= 11 is 0. The van der Waals surface area contributed by atoms with Crippen molar-refractivity contribution in [3.8, 4) is 5.75 Å². The van der Waals surface area contributed by atoms with Crippen LogP contribution >= 0.6 is 0 Å². The monoisotopic (exact) mass is 483 g/mol. The molecule has 1 amide bonds. The number of amides is 1. The van der Waals surface area contributed by atoms with Crippen LogP contribution in [-0.2, 0) is 11.0 Å². The lowest BCUT2D eigenvalue weighted by Gasteiger charge is -2.20. The van der Waals surface area contributed by atoms with Crippen molar-refractivity contribution in [2.45, 2.75) is 64.3 Å². The van der Waals surface area contributed by atoms with E-state index in [-0.39, 0.29) is 36.0 Å². The van der Waals surface area contributed by atoms with Crippen molar-refractivity contribution in [2.75, 3.05) is 13.2 Å². The van der Waals surface area contributed by atoms with Gasteiger partial charge in [0.1, 0.15) is 5.75 Å². The van der Waals surface area contributed by atoms with E-state index in [9.17, 15) is 28.2 Å². The number of benzene rings is 1. The van der Waals surface area contributed by atoms with E-state index in [4.69, 9.17) is 4.74 Å². The van der Waals surface area contributed by atoms with Gasteiger partial charge in [-0.3, -0.25) is 4.79 Å². The molecule has 5 atom stereocenters. The van der Waals surface area contributed by atoms with Crippen LogP contribution in [0.2, 0.25) is 0 Å². The van der Waals surface area contributed by atoms with Gasteiger partial charge in [-0.1, -0.05) is 37.3 Å². The van der Waals surface area contributed by atoms with Gasteiger partial charge >= 0.3 is 6.18 Å². The molecule has 8 heteroatoms. The van der Waals surface area contributed by atoms with E-state index in [0.29, 0.717) is 25.8 Å². The van der Waals surface area contributed by atoms with Crippen molar-refractivity contribution >= 4 is 5.91 Å². The third kappa shape index (κ3) is 9.14. The topological polar surface area (TPSA) is 78.8 Å². The molecule has 1 aliphatic rings. The van der Waals surface area contributed by atoms with E-state index < -0.39 is 23.9 Å². The number of alkyl halides is 3. The molecule has 190 valence electrons. The largest absolute Gasteiger partial charge is 0.493 e. The third-order valence-electron chi connectivity index (χ3n) is 5.98. The summed E-state index contributed by atoms with van der Waals surface area (Å²) in [6, 6.07) is 4.78. The maximum Gasteiger partial charge on any atom is 0.416 e. The first-order chi connectivity index (χ1) is 16.1. The zero-order valence-electron chi connectivity index (χ0n) is 19.8. The first-order valence-electron chi connectivity index (χ1n) is 11.9. The second kappa shape index (κ2) is 13.5. The van der Waals surface area contributed by atoms with Crippen LogP contribution in [-0.4, -0.2) is 41.5 Å². The number of rotatable bonds is 12. The van der Waals surface area contributed by atoms with E-state index in [2.05, 4.69) is 5.32 Å². The van der Waals surface area contributed by atoms with Crippen LogP contribution in [0.4, 0.5) is 13.2 Å². The van der Waals surface area contributed by atoms with Crippen molar-refractivity contribution in [3.05, 3.63) is 54.1 Å². The fraction of sp³-hybridized carbons (Fsp3) is 0.577. The predicted molar refractivity (Wildman–Crippen MR) is 125 cm³/mol. The smallest absolute Gasteiger partial charge is 0.416 e. The minimum Gasteiger partial charge on any atom is -0.493 e. The van der Waals surface area contributed by atoms with E-state index in [1.54, 1.807) is 0 Å². The van der Waals surface area contributed by atoms with Crippen LogP contribution in [0.25, 0.3) is 0 Å². The molecule has 1 aromatic carbocycles. The number of aliphatic hydroxyl groups is 2. The summed E-state index contributed by atoms with van der Waals surface area (Å²) in [6.07, 6.45) is 5.00. The molecule has 1 saturated carbocycles. The van der Waals surface area contributed by atoms with Crippen molar-refractivity contribution in [1.82, 2.24) is 5.32 Å². The number of allylic oxidation sites excluding steroid dienone is 2. The second-order valence-corrected chi connectivity index (χ2v) is 8.86. The van der Waals surface area contributed by atoms with Gasteiger partial charge in [0.25, 0.3) is 0 Å². The normalized spacial score (nSPS) is 24.1. The number of carbonyl (C=O) groups is 1. The summed E-state index contributed by atoms with van der Waals surface area (Å²) in [6.45, 7) is 4.58. The molecule has 0 unspecified atom stereocenters. The summed E-state index contributed by atoms with van der Waals surface area (Å²) in [7, 11) is 0. The molecule has 3 N–H and O–H groups in total. The van der Waals surface area contributed by atoms with Gasteiger partial charge in [0.15, 0.2) is 0 Å². The molecular weight excluding hydrogens is 447 g/mol. The van der Waals surface area contributed by atoms with Crippen LogP contribution in [0, 0.1) is 17.8 Å². The average Bonchev–Trinajstić information content (AvgIpc) is 3.05. The Bertz CT molecular complexity index is 825. The van der Waals surface area contributed by atoms with Gasteiger partial charge in [0.05, 0.1) is 24.4 Å². The Hall–Kier alpha value is -2.32. The second-order valence-electron chi connectivity index (χ2n) is 8.86. The Balaban J connectivity index is 1.84. The SMILES string of the molecule is CCNC(=O)CCC/C=C\C[C@@H]1[C@@H](/C=C/[C@@H](C)COc2cccc(C(F)(F)F)c2)[C@H](O)C[C@@H]1O. The summed E-state index contributed by atoms with van der Waals surface area (Å²) in [5, 5.41) is 23.5. The van der Waals surface area contributed by atoms with Crippen molar-refractivity contribution in [3.63, 3.8) is 0 Å². The molecule has 5 nitrogen and oxygen atoms in total. The molecule has 0 radical (unpaired) electrons. The minimum atomic E-state index is -4.42. The van der Waals surface area contributed by atoms with Gasteiger partial charge in [-0.15, -0.1) is 0 Å². The highest BCUT2D eigenvalue weighted by Crippen LogP contribution is 2.36. The lowest BCUT2D eigenvalue weighted by Crippen LogP contribution is -2.21. The van der Waals surface area contributed by atoms with Crippen LogP contribution in [0.15, 0.2) is 48.6 Å². The number of carbonyl (C=O) groups excluding carboxylic acids is 1.